The largest absolute Gasteiger partial charge is 0.106 e. The van der Waals surface area contributed by atoms with Gasteiger partial charge in [0, 0.05) is 19.5 Å². The summed E-state index contributed by atoms with van der Waals surface area (Å²) in [6, 6.07) is 0. The van der Waals surface area contributed by atoms with Gasteiger partial charge in [-0.05, 0) is 0 Å². The maximum atomic E-state index is 3.00. The minimum absolute atomic E-state index is 0. The Kier molecular flexibility index (Phi) is 14400. The summed E-state index contributed by atoms with van der Waals surface area (Å²) in [7, 11) is 0. The van der Waals surface area contributed by atoms with Gasteiger partial charge in [-0.3, -0.25) is 0 Å². The molecule has 0 heterocycles. The number of hydrogen-bond donors (Lipinski definition) is 0. The topological polar surface area (TPSA) is 0 Å². The van der Waals surface area contributed by atoms with Crippen LogP contribution in [-0.2, 0) is 19.5 Å². The average molecular weight is 121 g/mol. The van der Waals surface area contributed by atoms with Crippen LogP contribution in [0.2, 0.25) is 0 Å². The third kappa shape index (κ3) is 1700. The fourth-order valence-corrected chi connectivity index (χ4v) is 0. The molecule has 0 aromatic rings. The van der Waals surface area contributed by atoms with Gasteiger partial charge >= 0.3 is 0 Å². The Bertz CT molecular complexity index is 5.61. The zero-order valence-corrected chi connectivity index (χ0v) is 6.50. The zero-order chi connectivity index (χ0) is 4.00. The summed E-state index contributed by atoms with van der Waals surface area (Å²) < 4.78 is 0. The van der Waals surface area contributed by atoms with E-state index < -0.39 is 0 Å². The van der Waals surface area contributed by atoms with Crippen LogP contribution in [-0.4, -0.2) is 0 Å². The van der Waals surface area contributed by atoms with Crippen molar-refractivity contribution >= 4 is 0 Å². The van der Waals surface area contributed by atoms with Crippen molar-refractivity contribution in [2.24, 2.45) is 0 Å². The molecule has 0 bridgehead atoms. The van der Waals surface area contributed by atoms with E-state index in [0.29, 0.717) is 0 Å². The average Bonchev–Trinajstić information content (AvgIpc) is 1.50. The standard InChI is InChI=1S/2C2H4.Zn/c2*1-2;/h2*1-2H2;. The van der Waals surface area contributed by atoms with E-state index in [9.17, 15) is 0 Å². The van der Waals surface area contributed by atoms with Crippen LogP contribution < -0.4 is 0 Å². The molecular weight excluding hydrogens is 113 g/mol. The summed E-state index contributed by atoms with van der Waals surface area (Å²) in [6.45, 7) is 12.0. The van der Waals surface area contributed by atoms with Crippen molar-refractivity contribution in [1.29, 1.82) is 0 Å². The molecular formula is C4H8Zn. The molecule has 26 valence electrons. The van der Waals surface area contributed by atoms with E-state index in [-0.39, 0.29) is 19.5 Å². The molecule has 0 fully saturated rings. The molecule has 0 aromatic heterocycles. The van der Waals surface area contributed by atoms with Gasteiger partial charge in [0.2, 0.25) is 0 Å². The molecule has 0 aliphatic heterocycles. The predicted octanol–water partition coefficient (Wildman–Crippen LogP) is 1.60. The Labute approximate surface area is 46.3 Å². The van der Waals surface area contributed by atoms with Crippen molar-refractivity contribution in [3.8, 4) is 0 Å². The first-order chi connectivity index (χ1) is 2.00. The second-order valence-corrected chi connectivity index (χ2v) is 0. The molecule has 0 saturated carbocycles. The smallest absolute Gasteiger partial charge is 0 e. The third-order valence-electron chi connectivity index (χ3n) is 0. The molecule has 0 rings (SSSR count). The fourth-order valence-electron chi connectivity index (χ4n) is 0. The van der Waals surface area contributed by atoms with Gasteiger partial charge in [0.25, 0.3) is 0 Å². The minimum Gasteiger partial charge on any atom is -0.106 e. The summed E-state index contributed by atoms with van der Waals surface area (Å²) in [5.41, 5.74) is 0. The molecule has 0 unspecified atom stereocenters. The van der Waals surface area contributed by atoms with Gasteiger partial charge < -0.3 is 0 Å². The monoisotopic (exact) mass is 120 g/mol. The SMILES string of the molecule is C=C.C=C.[Zn]. The van der Waals surface area contributed by atoms with Gasteiger partial charge in [-0.1, -0.05) is 0 Å². The summed E-state index contributed by atoms with van der Waals surface area (Å²) in [4.78, 5) is 0. The molecule has 0 amide bonds. The van der Waals surface area contributed by atoms with Crippen molar-refractivity contribution in [1.82, 2.24) is 0 Å². The Morgan fingerprint density at radius 3 is 0.600 bits per heavy atom. The van der Waals surface area contributed by atoms with Crippen molar-refractivity contribution < 1.29 is 19.5 Å². The number of hydrogen-bond acceptors (Lipinski definition) is 0. The Balaban J connectivity index is -0.0000000133. The van der Waals surface area contributed by atoms with E-state index in [1.54, 1.807) is 0 Å². The van der Waals surface area contributed by atoms with Crippen molar-refractivity contribution in [2.45, 2.75) is 0 Å². The number of rotatable bonds is 0. The van der Waals surface area contributed by atoms with E-state index in [4.69, 9.17) is 0 Å². The first-order valence-corrected chi connectivity index (χ1v) is 1.000. The van der Waals surface area contributed by atoms with E-state index in [2.05, 4.69) is 26.3 Å². The van der Waals surface area contributed by atoms with Gasteiger partial charge in [-0.15, -0.1) is 26.3 Å². The van der Waals surface area contributed by atoms with Crippen LogP contribution in [0, 0.1) is 0 Å². The minimum atomic E-state index is 0. The van der Waals surface area contributed by atoms with Crippen LogP contribution >= 0.6 is 0 Å². The molecule has 0 aliphatic carbocycles. The van der Waals surface area contributed by atoms with Gasteiger partial charge in [-0.2, -0.15) is 0 Å². The molecule has 0 spiro atoms. The molecule has 0 nitrogen and oxygen atoms in total. The summed E-state index contributed by atoms with van der Waals surface area (Å²) in [5.74, 6) is 0. The van der Waals surface area contributed by atoms with E-state index in [1.165, 1.54) is 0 Å². The fraction of sp³-hybridized carbons (Fsp3) is 0. The van der Waals surface area contributed by atoms with Crippen molar-refractivity contribution in [3.63, 3.8) is 0 Å². The van der Waals surface area contributed by atoms with Gasteiger partial charge in [-0.25, -0.2) is 0 Å². The second-order valence-electron chi connectivity index (χ2n) is 0. The summed E-state index contributed by atoms with van der Waals surface area (Å²) >= 11 is 0. The Morgan fingerprint density at radius 1 is 0.600 bits per heavy atom. The molecule has 5 heavy (non-hydrogen) atoms. The van der Waals surface area contributed by atoms with Crippen molar-refractivity contribution in [2.75, 3.05) is 0 Å². The normalized spacial score (nSPS) is 1.60. The van der Waals surface area contributed by atoms with Crippen LogP contribution in [0.5, 0.6) is 0 Å². The first-order valence-electron chi connectivity index (χ1n) is 1.000. The molecule has 0 N–H and O–H groups in total. The molecule has 0 aromatic carbocycles. The maximum absolute atomic E-state index is 3.00. The van der Waals surface area contributed by atoms with E-state index in [0.717, 1.165) is 0 Å². The Hall–Kier alpha value is 0.103. The molecule has 1 heteroatoms. The van der Waals surface area contributed by atoms with Crippen LogP contribution in [0.25, 0.3) is 0 Å². The van der Waals surface area contributed by atoms with Crippen LogP contribution in [0.3, 0.4) is 0 Å². The van der Waals surface area contributed by atoms with Gasteiger partial charge in [0.1, 0.15) is 0 Å². The van der Waals surface area contributed by atoms with Crippen LogP contribution in [0.15, 0.2) is 26.3 Å². The first kappa shape index (κ1) is 19.4. The predicted molar refractivity (Wildman–Crippen MR) is 22.5 cm³/mol. The molecule has 0 atom stereocenters. The van der Waals surface area contributed by atoms with E-state index >= 15 is 0 Å². The second kappa shape index (κ2) is 3700. The molecule has 0 radical (unpaired) electrons. The summed E-state index contributed by atoms with van der Waals surface area (Å²) in [5, 5.41) is 0. The quantitative estimate of drug-likeness (QED) is 0.337. The van der Waals surface area contributed by atoms with Gasteiger partial charge in [0.05, 0.1) is 0 Å². The van der Waals surface area contributed by atoms with Gasteiger partial charge in [0.15, 0.2) is 0 Å². The van der Waals surface area contributed by atoms with Crippen LogP contribution in [0.4, 0.5) is 0 Å². The molecule has 0 aliphatic rings. The van der Waals surface area contributed by atoms with Crippen LogP contribution in [0.1, 0.15) is 0 Å². The summed E-state index contributed by atoms with van der Waals surface area (Å²) in [6.07, 6.45) is 0. The molecule has 0 saturated heterocycles. The Morgan fingerprint density at radius 2 is 0.600 bits per heavy atom. The van der Waals surface area contributed by atoms with Crippen molar-refractivity contribution in [3.05, 3.63) is 26.3 Å². The maximum Gasteiger partial charge on any atom is 0 e. The zero-order valence-electron chi connectivity index (χ0n) is 3.54. The third-order valence-corrected chi connectivity index (χ3v) is 0. The van der Waals surface area contributed by atoms with E-state index in [1.807, 2.05) is 0 Å².